The van der Waals surface area contributed by atoms with Gasteiger partial charge in [-0.25, -0.2) is 0 Å². The van der Waals surface area contributed by atoms with Crippen LogP contribution in [0.2, 0.25) is 0 Å². The molecule has 90 valence electrons. The minimum absolute atomic E-state index is 0.0823. The van der Waals surface area contributed by atoms with Crippen molar-refractivity contribution in [2.45, 2.75) is 26.1 Å². The first kappa shape index (κ1) is 13.2. The highest BCUT2D eigenvalue weighted by molar-refractivity contribution is 5.13. The fourth-order valence-electron chi connectivity index (χ4n) is 1.28. The highest BCUT2D eigenvalue weighted by Gasteiger charge is 2.02. The lowest BCUT2D eigenvalue weighted by Crippen LogP contribution is -2.16. The molecule has 0 fully saturated rings. The second kappa shape index (κ2) is 8.28. The number of hydrogen-bond acceptors (Lipinski definition) is 3. The molecule has 16 heavy (non-hydrogen) atoms. The van der Waals surface area contributed by atoms with Gasteiger partial charge in [-0.05, 0) is 18.9 Å². The second-order valence-corrected chi connectivity index (χ2v) is 3.76. The van der Waals surface area contributed by atoms with Gasteiger partial charge in [0.15, 0.2) is 0 Å². The summed E-state index contributed by atoms with van der Waals surface area (Å²) in [5.74, 6) is 0. The molecule has 1 atom stereocenters. The molecule has 1 aromatic rings. The van der Waals surface area contributed by atoms with Crippen LogP contribution < -0.4 is 0 Å². The van der Waals surface area contributed by atoms with Gasteiger partial charge in [0.1, 0.15) is 0 Å². The van der Waals surface area contributed by atoms with Crippen LogP contribution in [0.15, 0.2) is 30.3 Å². The van der Waals surface area contributed by atoms with Gasteiger partial charge in [-0.1, -0.05) is 30.3 Å². The maximum Gasteiger partial charge on any atom is 0.0785 e. The van der Waals surface area contributed by atoms with Crippen molar-refractivity contribution in [2.75, 3.05) is 19.8 Å². The summed E-state index contributed by atoms with van der Waals surface area (Å²) in [6.45, 7) is 3.95. The molecule has 1 rings (SSSR count). The smallest absolute Gasteiger partial charge is 0.0785 e. The largest absolute Gasteiger partial charge is 0.396 e. The van der Waals surface area contributed by atoms with Crippen LogP contribution in [0, 0.1) is 0 Å². The van der Waals surface area contributed by atoms with Crippen molar-refractivity contribution < 1.29 is 14.6 Å². The monoisotopic (exact) mass is 224 g/mol. The highest BCUT2D eigenvalue weighted by atomic mass is 16.5. The van der Waals surface area contributed by atoms with Crippen LogP contribution in [0.5, 0.6) is 0 Å². The minimum Gasteiger partial charge on any atom is -0.396 e. The van der Waals surface area contributed by atoms with E-state index in [1.807, 2.05) is 37.3 Å². The van der Waals surface area contributed by atoms with Gasteiger partial charge < -0.3 is 14.6 Å². The molecule has 0 radical (unpaired) electrons. The first-order chi connectivity index (χ1) is 7.83. The molecule has 0 bridgehead atoms. The maximum absolute atomic E-state index is 8.57. The lowest BCUT2D eigenvalue weighted by molar-refractivity contribution is -0.0170. The third-order valence-electron chi connectivity index (χ3n) is 2.18. The van der Waals surface area contributed by atoms with Gasteiger partial charge in [-0.2, -0.15) is 0 Å². The summed E-state index contributed by atoms with van der Waals surface area (Å²) in [5.41, 5.74) is 1.17. The van der Waals surface area contributed by atoms with E-state index < -0.39 is 0 Å². The molecule has 0 amide bonds. The van der Waals surface area contributed by atoms with Crippen molar-refractivity contribution >= 4 is 0 Å². The van der Waals surface area contributed by atoms with Crippen LogP contribution >= 0.6 is 0 Å². The Hall–Kier alpha value is -0.900. The Labute approximate surface area is 97.0 Å². The summed E-state index contributed by atoms with van der Waals surface area (Å²) < 4.78 is 11.0. The molecule has 0 spiro atoms. The quantitative estimate of drug-likeness (QED) is 0.686. The number of aliphatic hydroxyl groups excluding tert-OH is 1. The molecule has 0 heterocycles. The van der Waals surface area contributed by atoms with Crippen LogP contribution in [0.4, 0.5) is 0 Å². The predicted octanol–water partition coefficient (Wildman–Crippen LogP) is 1.99. The summed E-state index contributed by atoms with van der Waals surface area (Å²) in [5, 5.41) is 8.57. The van der Waals surface area contributed by atoms with Crippen molar-refractivity contribution in [3.63, 3.8) is 0 Å². The van der Waals surface area contributed by atoms with E-state index in [4.69, 9.17) is 14.6 Å². The van der Waals surface area contributed by atoms with Crippen LogP contribution in [0.25, 0.3) is 0 Å². The summed E-state index contributed by atoms with van der Waals surface area (Å²) >= 11 is 0. The van der Waals surface area contributed by atoms with E-state index in [1.54, 1.807) is 0 Å². The van der Waals surface area contributed by atoms with Crippen molar-refractivity contribution in [1.82, 2.24) is 0 Å². The van der Waals surface area contributed by atoms with Crippen molar-refractivity contribution in [3.05, 3.63) is 35.9 Å². The molecule has 0 aromatic heterocycles. The Morgan fingerprint density at radius 1 is 1.25 bits per heavy atom. The molecule has 1 unspecified atom stereocenters. The normalized spacial score (nSPS) is 12.6. The maximum atomic E-state index is 8.57. The van der Waals surface area contributed by atoms with E-state index in [1.165, 1.54) is 5.56 Å². The van der Waals surface area contributed by atoms with Gasteiger partial charge in [0.2, 0.25) is 0 Å². The summed E-state index contributed by atoms with van der Waals surface area (Å²) in [7, 11) is 0. The minimum atomic E-state index is 0.0823. The van der Waals surface area contributed by atoms with E-state index in [2.05, 4.69) is 0 Å². The van der Waals surface area contributed by atoms with Gasteiger partial charge in [-0.3, -0.25) is 0 Å². The highest BCUT2D eigenvalue weighted by Crippen LogP contribution is 2.03. The van der Waals surface area contributed by atoms with E-state index in [-0.39, 0.29) is 12.7 Å². The fourth-order valence-corrected chi connectivity index (χ4v) is 1.28. The van der Waals surface area contributed by atoms with Gasteiger partial charge >= 0.3 is 0 Å². The Kier molecular flexibility index (Phi) is 6.81. The molecule has 3 heteroatoms. The molecule has 1 N–H and O–H groups in total. The molecular weight excluding hydrogens is 204 g/mol. The summed E-state index contributed by atoms with van der Waals surface area (Å²) in [6.07, 6.45) is 0.768. The molecule has 0 saturated carbocycles. The molecule has 0 saturated heterocycles. The number of rotatable bonds is 8. The van der Waals surface area contributed by atoms with E-state index in [9.17, 15) is 0 Å². The first-order valence-electron chi connectivity index (χ1n) is 5.67. The summed E-state index contributed by atoms with van der Waals surface area (Å²) in [6, 6.07) is 10.1. The van der Waals surface area contributed by atoms with Crippen LogP contribution in [0.3, 0.4) is 0 Å². The summed E-state index contributed by atoms with van der Waals surface area (Å²) in [4.78, 5) is 0. The third-order valence-corrected chi connectivity index (χ3v) is 2.18. The predicted molar refractivity (Wildman–Crippen MR) is 63.2 cm³/mol. The standard InChI is InChI=1S/C13H20O3/c1-12(10-15-9-5-8-14)16-11-13-6-3-2-4-7-13/h2-4,6-7,12,14H,5,8-11H2,1H3. The van der Waals surface area contributed by atoms with E-state index >= 15 is 0 Å². The number of ether oxygens (including phenoxy) is 2. The average Bonchev–Trinajstić information content (AvgIpc) is 2.33. The van der Waals surface area contributed by atoms with E-state index in [0.717, 1.165) is 0 Å². The zero-order chi connectivity index (χ0) is 11.6. The molecule has 3 nitrogen and oxygen atoms in total. The lowest BCUT2D eigenvalue weighted by atomic mass is 10.2. The SMILES string of the molecule is CC(COCCCO)OCc1ccccc1. The Morgan fingerprint density at radius 2 is 2.00 bits per heavy atom. The second-order valence-electron chi connectivity index (χ2n) is 3.76. The third kappa shape index (κ3) is 5.85. The van der Waals surface area contributed by atoms with Gasteiger partial charge in [0.05, 0.1) is 19.3 Å². The first-order valence-corrected chi connectivity index (χ1v) is 5.67. The topological polar surface area (TPSA) is 38.7 Å². The lowest BCUT2D eigenvalue weighted by Gasteiger charge is -2.13. The zero-order valence-electron chi connectivity index (χ0n) is 9.76. The van der Waals surface area contributed by atoms with Crippen molar-refractivity contribution in [1.29, 1.82) is 0 Å². The Morgan fingerprint density at radius 3 is 2.69 bits per heavy atom. The van der Waals surface area contributed by atoms with Gasteiger partial charge in [-0.15, -0.1) is 0 Å². The molecule has 0 aliphatic rings. The van der Waals surface area contributed by atoms with Gasteiger partial charge in [0, 0.05) is 13.2 Å². The number of aliphatic hydroxyl groups is 1. The van der Waals surface area contributed by atoms with Gasteiger partial charge in [0.25, 0.3) is 0 Å². The van der Waals surface area contributed by atoms with Crippen LogP contribution in [-0.4, -0.2) is 31.0 Å². The number of benzene rings is 1. The van der Waals surface area contributed by atoms with Crippen LogP contribution in [0.1, 0.15) is 18.9 Å². The zero-order valence-corrected chi connectivity index (χ0v) is 9.76. The molecule has 0 aliphatic carbocycles. The Balaban J connectivity index is 2.08. The van der Waals surface area contributed by atoms with Crippen molar-refractivity contribution in [2.24, 2.45) is 0 Å². The fraction of sp³-hybridized carbons (Fsp3) is 0.538. The molecular formula is C13H20O3. The van der Waals surface area contributed by atoms with E-state index in [0.29, 0.717) is 26.2 Å². The molecule has 0 aliphatic heterocycles. The Bertz CT molecular complexity index is 261. The average molecular weight is 224 g/mol. The van der Waals surface area contributed by atoms with Crippen LogP contribution in [-0.2, 0) is 16.1 Å². The molecule has 1 aromatic carbocycles. The van der Waals surface area contributed by atoms with Crippen molar-refractivity contribution in [3.8, 4) is 0 Å². The number of hydrogen-bond donors (Lipinski definition) is 1.